The van der Waals surface area contributed by atoms with Gasteiger partial charge in [0.2, 0.25) is 10.0 Å². The van der Waals surface area contributed by atoms with Crippen LogP contribution in [0.25, 0.3) is 0 Å². The number of hydrogen-bond acceptors (Lipinski definition) is 4. The Morgan fingerprint density at radius 1 is 1.19 bits per heavy atom. The molecule has 1 aliphatic rings. The molecule has 8 heteroatoms. The van der Waals surface area contributed by atoms with E-state index in [0.29, 0.717) is 18.7 Å². The summed E-state index contributed by atoms with van der Waals surface area (Å²) in [7, 11) is -3.37. The molecule has 26 heavy (non-hydrogen) atoms. The minimum Gasteiger partial charge on any atom is -0.454 e. The number of halogens is 2. The fraction of sp³-hybridized carbons (Fsp3) is 0.278. The van der Waals surface area contributed by atoms with Gasteiger partial charge in [-0.25, -0.2) is 22.0 Å². The summed E-state index contributed by atoms with van der Waals surface area (Å²) in [6, 6.07) is 7.67. The summed E-state index contributed by atoms with van der Waals surface area (Å²) in [5, 5.41) is 0. The number of nitrogens with zero attached hydrogens (tertiary/aromatic N) is 1. The quantitative estimate of drug-likeness (QED) is 0.763. The van der Waals surface area contributed by atoms with Crippen molar-refractivity contribution in [2.45, 2.75) is 19.4 Å². The molecule has 1 aliphatic heterocycles. The average Bonchev–Trinajstić information content (AvgIpc) is 2.97. The molecule has 0 spiro atoms. The molecular formula is C18H17F2NO4S. The van der Waals surface area contributed by atoms with Gasteiger partial charge in [0.15, 0.2) is 0 Å². The van der Waals surface area contributed by atoms with Crippen LogP contribution in [-0.4, -0.2) is 27.2 Å². The number of sulfonamides is 1. The number of carbonyl (C=O) groups excluding carboxylic acids is 1. The minimum atomic E-state index is -3.37. The normalized spacial score (nSPS) is 14.8. The van der Waals surface area contributed by atoms with Gasteiger partial charge in [-0.05, 0) is 49.2 Å². The number of fused-ring (bicyclic) bond motifs is 1. The fourth-order valence-electron chi connectivity index (χ4n) is 2.97. The van der Waals surface area contributed by atoms with Crippen molar-refractivity contribution in [3.05, 3.63) is 64.7 Å². The van der Waals surface area contributed by atoms with E-state index in [0.717, 1.165) is 24.0 Å². The first-order valence-corrected chi connectivity index (χ1v) is 9.78. The molecule has 0 fully saturated rings. The molecule has 0 saturated heterocycles. The first-order valence-electron chi connectivity index (χ1n) is 7.93. The second-order valence-electron chi connectivity index (χ2n) is 6.14. The van der Waals surface area contributed by atoms with E-state index in [1.165, 1.54) is 23.4 Å². The number of carbonyl (C=O) groups is 1. The number of ether oxygens (including phenoxy) is 1. The highest BCUT2D eigenvalue weighted by Gasteiger charge is 2.27. The van der Waals surface area contributed by atoms with Gasteiger partial charge in [0.25, 0.3) is 0 Å². The molecule has 0 amide bonds. The smallest absolute Gasteiger partial charge is 0.338 e. The number of benzene rings is 2. The van der Waals surface area contributed by atoms with Gasteiger partial charge in [0.05, 0.1) is 17.5 Å². The van der Waals surface area contributed by atoms with Gasteiger partial charge in [-0.3, -0.25) is 4.31 Å². The lowest BCUT2D eigenvalue weighted by Crippen LogP contribution is -2.27. The maximum absolute atomic E-state index is 13.8. The van der Waals surface area contributed by atoms with E-state index in [-0.39, 0.29) is 11.1 Å². The Labute approximate surface area is 150 Å². The Morgan fingerprint density at radius 2 is 1.92 bits per heavy atom. The van der Waals surface area contributed by atoms with E-state index in [1.807, 2.05) is 0 Å². The lowest BCUT2D eigenvalue weighted by molar-refractivity contribution is 0.0331. The van der Waals surface area contributed by atoms with E-state index in [9.17, 15) is 22.0 Å². The van der Waals surface area contributed by atoms with Crippen molar-refractivity contribution in [2.75, 3.05) is 17.1 Å². The molecule has 5 nitrogen and oxygen atoms in total. The predicted molar refractivity (Wildman–Crippen MR) is 92.5 cm³/mol. The Kier molecular flexibility index (Phi) is 4.70. The van der Waals surface area contributed by atoms with Gasteiger partial charge in [0.1, 0.15) is 17.7 Å². The third-order valence-electron chi connectivity index (χ3n) is 4.25. The molecule has 3 rings (SSSR count). The van der Waals surface area contributed by atoms with Gasteiger partial charge < -0.3 is 4.74 Å². The van der Waals surface area contributed by atoms with Crippen LogP contribution in [0.15, 0.2) is 36.4 Å². The molecular weight excluding hydrogens is 364 g/mol. The molecule has 1 heterocycles. The zero-order valence-corrected chi connectivity index (χ0v) is 15.0. The van der Waals surface area contributed by atoms with Gasteiger partial charge in [-0.15, -0.1) is 0 Å². The van der Waals surface area contributed by atoms with Crippen LogP contribution in [0, 0.1) is 11.6 Å². The lowest BCUT2D eigenvalue weighted by Gasteiger charge is -2.17. The molecule has 0 aliphatic carbocycles. The van der Waals surface area contributed by atoms with Crippen molar-refractivity contribution < 1.29 is 26.7 Å². The van der Waals surface area contributed by atoms with Crippen LogP contribution in [-0.2, 0) is 21.2 Å². The van der Waals surface area contributed by atoms with Gasteiger partial charge in [-0.1, -0.05) is 0 Å². The van der Waals surface area contributed by atoms with Crippen LogP contribution in [0.1, 0.15) is 34.5 Å². The summed E-state index contributed by atoms with van der Waals surface area (Å²) in [6.07, 6.45) is 0.721. The van der Waals surface area contributed by atoms with E-state index in [2.05, 4.69) is 0 Å². The zero-order valence-electron chi connectivity index (χ0n) is 14.2. The van der Waals surface area contributed by atoms with Crippen LogP contribution >= 0.6 is 0 Å². The molecule has 1 atom stereocenters. The summed E-state index contributed by atoms with van der Waals surface area (Å²) >= 11 is 0. The standard InChI is InChI=1S/C18H17F2NO4S/c1-11(15-5-4-14(19)10-16(15)20)25-18(22)13-3-6-17-12(9-13)7-8-21(17)26(2,23)24/h3-6,9-11H,7-8H2,1-2H3. The minimum absolute atomic E-state index is 0.0733. The third kappa shape index (κ3) is 3.55. The molecule has 0 aromatic heterocycles. The summed E-state index contributed by atoms with van der Waals surface area (Å²) in [5.74, 6) is -2.16. The second-order valence-corrected chi connectivity index (χ2v) is 8.05. The van der Waals surface area contributed by atoms with Crippen LogP contribution in [0.4, 0.5) is 14.5 Å². The Bertz CT molecular complexity index is 975. The maximum atomic E-state index is 13.8. The number of anilines is 1. The van der Waals surface area contributed by atoms with Crippen molar-refractivity contribution in [1.29, 1.82) is 0 Å². The first-order chi connectivity index (χ1) is 12.2. The summed E-state index contributed by atoms with van der Waals surface area (Å²) in [4.78, 5) is 12.3. The predicted octanol–water partition coefficient (Wildman–Crippen LogP) is 3.20. The highest BCUT2D eigenvalue weighted by molar-refractivity contribution is 7.92. The summed E-state index contributed by atoms with van der Waals surface area (Å²) in [6.45, 7) is 1.82. The molecule has 138 valence electrons. The molecule has 2 aromatic carbocycles. The average molecular weight is 381 g/mol. The van der Waals surface area contributed by atoms with E-state index in [4.69, 9.17) is 4.74 Å². The second kappa shape index (κ2) is 6.68. The van der Waals surface area contributed by atoms with Gasteiger partial charge in [-0.2, -0.15) is 0 Å². The SMILES string of the molecule is CC(OC(=O)c1ccc2c(c1)CCN2S(C)(=O)=O)c1ccc(F)cc1F. The summed E-state index contributed by atoms with van der Waals surface area (Å²) < 4.78 is 56.8. The van der Waals surface area contributed by atoms with E-state index < -0.39 is 33.7 Å². The number of esters is 1. The monoisotopic (exact) mass is 381 g/mol. The van der Waals surface area contributed by atoms with Crippen molar-refractivity contribution in [1.82, 2.24) is 0 Å². The maximum Gasteiger partial charge on any atom is 0.338 e. The first kappa shape index (κ1) is 18.3. The number of hydrogen-bond donors (Lipinski definition) is 0. The van der Waals surface area contributed by atoms with Crippen molar-refractivity contribution >= 4 is 21.7 Å². The largest absolute Gasteiger partial charge is 0.454 e. The van der Waals surface area contributed by atoms with Crippen LogP contribution < -0.4 is 4.31 Å². The van der Waals surface area contributed by atoms with Crippen LogP contribution in [0.5, 0.6) is 0 Å². The third-order valence-corrected chi connectivity index (χ3v) is 5.43. The molecule has 0 saturated carbocycles. The lowest BCUT2D eigenvalue weighted by atomic mass is 10.1. The van der Waals surface area contributed by atoms with Crippen LogP contribution in [0.2, 0.25) is 0 Å². The zero-order chi connectivity index (χ0) is 19.1. The molecule has 0 bridgehead atoms. The Morgan fingerprint density at radius 3 is 2.58 bits per heavy atom. The van der Waals surface area contributed by atoms with Crippen molar-refractivity contribution in [3.63, 3.8) is 0 Å². The molecule has 2 aromatic rings. The molecule has 1 unspecified atom stereocenters. The topological polar surface area (TPSA) is 63.7 Å². The highest BCUT2D eigenvalue weighted by atomic mass is 32.2. The molecule has 0 N–H and O–H groups in total. The molecule has 0 radical (unpaired) electrons. The van der Waals surface area contributed by atoms with Gasteiger partial charge >= 0.3 is 5.97 Å². The fourth-order valence-corrected chi connectivity index (χ4v) is 3.92. The van der Waals surface area contributed by atoms with Crippen LogP contribution in [0.3, 0.4) is 0 Å². The van der Waals surface area contributed by atoms with Crippen molar-refractivity contribution in [3.8, 4) is 0 Å². The van der Waals surface area contributed by atoms with Crippen molar-refractivity contribution in [2.24, 2.45) is 0 Å². The van der Waals surface area contributed by atoms with Gasteiger partial charge in [0, 0.05) is 18.2 Å². The highest BCUT2D eigenvalue weighted by Crippen LogP contribution is 2.31. The number of rotatable bonds is 4. The Balaban J connectivity index is 1.79. The summed E-state index contributed by atoms with van der Waals surface area (Å²) in [5.41, 5.74) is 1.59. The van der Waals surface area contributed by atoms with E-state index >= 15 is 0 Å². The Hall–Kier alpha value is -2.48. The van der Waals surface area contributed by atoms with E-state index in [1.54, 1.807) is 12.1 Å².